The molecule has 3 atom stereocenters. The first-order chi connectivity index (χ1) is 15.4. The molecule has 3 rings (SSSR count). The average molecular weight is 441 g/mol. The van der Waals surface area contributed by atoms with Crippen LogP contribution in [0.2, 0.25) is 0 Å². The zero-order valence-corrected chi connectivity index (χ0v) is 18.9. The Bertz CT molecular complexity index is 936. The van der Waals surface area contributed by atoms with Crippen LogP contribution in [0, 0.1) is 0 Å². The Kier molecular flexibility index (Phi) is 8.16. The molecule has 2 aromatic rings. The molecule has 0 saturated heterocycles. The Morgan fingerprint density at radius 1 is 1.22 bits per heavy atom. The average Bonchev–Trinajstić information content (AvgIpc) is 3.26. The van der Waals surface area contributed by atoms with E-state index in [9.17, 15) is 14.7 Å². The monoisotopic (exact) mass is 440 g/mol. The summed E-state index contributed by atoms with van der Waals surface area (Å²) in [6, 6.07) is 9.18. The van der Waals surface area contributed by atoms with Crippen molar-refractivity contribution in [3.63, 3.8) is 0 Å². The third-order valence-corrected chi connectivity index (χ3v) is 5.86. The van der Waals surface area contributed by atoms with Gasteiger partial charge in [-0.2, -0.15) is 0 Å². The highest BCUT2D eigenvalue weighted by Crippen LogP contribution is 2.31. The Labute approximate surface area is 188 Å². The number of amides is 1. The Morgan fingerprint density at radius 2 is 1.94 bits per heavy atom. The third-order valence-electron chi connectivity index (χ3n) is 5.86. The first kappa shape index (κ1) is 23.7. The second kappa shape index (κ2) is 11.0. The molecule has 0 spiro atoms. The number of benzene rings is 1. The van der Waals surface area contributed by atoms with Gasteiger partial charge in [0.1, 0.15) is 0 Å². The van der Waals surface area contributed by atoms with E-state index in [1.807, 2.05) is 38.2 Å². The van der Waals surface area contributed by atoms with Gasteiger partial charge in [0.2, 0.25) is 5.91 Å². The molecule has 1 aliphatic rings. The topological polar surface area (TPSA) is 106 Å². The summed E-state index contributed by atoms with van der Waals surface area (Å²) in [6.07, 6.45) is 6.39. The Morgan fingerprint density at radius 3 is 2.56 bits per heavy atom. The Balaban J connectivity index is 1.86. The second-order valence-corrected chi connectivity index (χ2v) is 8.21. The lowest BCUT2D eigenvalue weighted by molar-refractivity contribution is -0.134. The molecule has 0 saturated carbocycles. The molecular formula is C24H32N4O4. The molecule has 0 aliphatic heterocycles. The molecule has 32 heavy (non-hydrogen) atoms. The van der Waals surface area contributed by atoms with Crippen LogP contribution in [-0.4, -0.2) is 50.2 Å². The van der Waals surface area contributed by atoms with Crippen molar-refractivity contribution < 1.29 is 19.4 Å². The zero-order chi connectivity index (χ0) is 23.1. The Hall–Kier alpha value is -3.00. The molecule has 1 heterocycles. The molecule has 2 N–H and O–H groups in total. The summed E-state index contributed by atoms with van der Waals surface area (Å²) in [5, 5.41) is 21.2. The van der Waals surface area contributed by atoms with Gasteiger partial charge in [-0.1, -0.05) is 49.4 Å². The van der Waals surface area contributed by atoms with Crippen LogP contribution >= 0.6 is 0 Å². The molecule has 3 unspecified atom stereocenters. The van der Waals surface area contributed by atoms with Crippen molar-refractivity contribution in [3.8, 4) is 0 Å². The molecule has 1 amide bonds. The molecule has 0 bridgehead atoms. The smallest absolute Gasteiger partial charge is 0.331 e. The lowest BCUT2D eigenvalue weighted by Crippen LogP contribution is -2.52. The molecule has 1 aromatic carbocycles. The van der Waals surface area contributed by atoms with E-state index in [0.717, 1.165) is 25.0 Å². The number of nitrogens with one attached hydrogen (secondary N) is 1. The van der Waals surface area contributed by atoms with Gasteiger partial charge >= 0.3 is 5.97 Å². The number of carboxylic acid groups (broad SMARTS) is 1. The van der Waals surface area contributed by atoms with Crippen molar-refractivity contribution in [2.45, 2.75) is 77.2 Å². The summed E-state index contributed by atoms with van der Waals surface area (Å²) < 4.78 is 7.91. The third kappa shape index (κ3) is 6.03. The number of carboxylic acids is 1. The molecule has 1 aromatic heterocycles. The van der Waals surface area contributed by atoms with E-state index in [1.54, 1.807) is 10.8 Å². The molecule has 172 valence electrons. The lowest BCUT2D eigenvalue weighted by atomic mass is 9.87. The highest BCUT2D eigenvalue weighted by Gasteiger charge is 2.39. The molecule has 8 nitrogen and oxygen atoms in total. The van der Waals surface area contributed by atoms with E-state index in [2.05, 4.69) is 27.8 Å². The minimum Gasteiger partial charge on any atom is -0.478 e. The SMILES string of the molecule is CCC(CC)OC1CC(C(=O)O)=CC(n2cc(CCc3ccccc3)nn2)C1NC(C)=O. The van der Waals surface area contributed by atoms with E-state index in [0.29, 0.717) is 6.42 Å². The highest BCUT2D eigenvalue weighted by molar-refractivity contribution is 5.87. The van der Waals surface area contributed by atoms with Gasteiger partial charge in [0.15, 0.2) is 0 Å². The van der Waals surface area contributed by atoms with Gasteiger partial charge in [0.25, 0.3) is 0 Å². The maximum absolute atomic E-state index is 12.0. The zero-order valence-electron chi connectivity index (χ0n) is 18.9. The molecule has 0 radical (unpaired) electrons. The molecule has 8 heteroatoms. The summed E-state index contributed by atoms with van der Waals surface area (Å²) in [7, 11) is 0. The van der Waals surface area contributed by atoms with E-state index in [-0.39, 0.29) is 24.0 Å². The number of carbonyl (C=O) groups excluding carboxylic acids is 1. The number of ether oxygens (including phenoxy) is 1. The summed E-state index contributed by atoms with van der Waals surface area (Å²) in [6.45, 7) is 5.52. The first-order valence-electron chi connectivity index (χ1n) is 11.2. The quantitative estimate of drug-likeness (QED) is 0.588. The standard InChI is InChI=1S/C24H32N4O4/c1-4-20(5-2)32-22-14-18(24(30)31)13-21(23(22)25-16(3)29)28-15-19(26-27-28)12-11-17-9-7-6-8-10-17/h6-10,13,15,20-23H,4-5,11-12,14H2,1-3H3,(H,25,29)(H,30,31). The molecular weight excluding hydrogens is 408 g/mol. The van der Waals surface area contributed by atoms with Crippen LogP contribution in [-0.2, 0) is 27.2 Å². The normalized spacial score (nSPS) is 20.8. The predicted molar refractivity (Wildman–Crippen MR) is 120 cm³/mol. The van der Waals surface area contributed by atoms with Crippen LogP contribution in [0.3, 0.4) is 0 Å². The maximum Gasteiger partial charge on any atom is 0.331 e. The van der Waals surface area contributed by atoms with E-state index in [4.69, 9.17) is 4.74 Å². The number of aromatic nitrogens is 3. The number of aliphatic carboxylic acids is 1. The van der Waals surface area contributed by atoms with Crippen molar-refractivity contribution in [1.29, 1.82) is 0 Å². The van der Waals surface area contributed by atoms with Gasteiger partial charge in [0.05, 0.1) is 30.0 Å². The van der Waals surface area contributed by atoms with Crippen LogP contribution in [0.5, 0.6) is 0 Å². The van der Waals surface area contributed by atoms with Crippen molar-refractivity contribution in [3.05, 3.63) is 59.4 Å². The van der Waals surface area contributed by atoms with E-state index in [1.165, 1.54) is 12.5 Å². The molecule has 1 aliphatic carbocycles. The summed E-state index contributed by atoms with van der Waals surface area (Å²) in [5.74, 6) is -1.19. The van der Waals surface area contributed by atoms with Gasteiger partial charge in [0, 0.05) is 25.1 Å². The van der Waals surface area contributed by atoms with Crippen LogP contribution < -0.4 is 5.32 Å². The lowest BCUT2D eigenvalue weighted by Gasteiger charge is -2.38. The van der Waals surface area contributed by atoms with Crippen LogP contribution in [0.1, 0.15) is 57.3 Å². The fourth-order valence-corrected chi connectivity index (χ4v) is 4.11. The van der Waals surface area contributed by atoms with Crippen molar-refractivity contribution in [2.24, 2.45) is 0 Å². The van der Waals surface area contributed by atoms with E-state index < -0.39 is 24.2 Å². The minimum absolute atomic E-state index is 0.0118. The highest BCUT2D eigenvalue weighted by atomic mass is 16.5. The van der Waals surface area contributed by atoms with Gasteiger partial charge in [-0.25, -0.2) is 9.48 Å². The van der Waals surface area contributed by atoms with Crippen molar-refractivity contribution in [2.75, 3.05) is 0 Å². The summed E-state index contributed by atoms with van der Waals surface area (Å²) in [5.41, 5.74) is 2.28. The maximum atomic E-state index is 12.0. The van der Waals surface area contributed by atoms with Crippen LogP contribution in [0.15, 0.2) is 48.2 Å². The number of rotatable bonds is 10. The minimum atomic E-state index is -0.987. The number of hydrogen-bond donors (Lipinski definition) is 2. The fourth-order valence-electron chi connectivity index (χ4n) is 4.11. The fraction of sp³-hybridized carbons (Fsp3) is 0.500. The number of aryl methyl sites for hydroxylation is 2. The van der Waals surface area contributed by atoms with Gasteiger partial charge in [-0.15, -0.1) is 5.10 Å². The number of hydrogen-bond acceptors (Lipinski definition) is 5. The van der Waals surface area contributed by atoms with Crippen molar-refractivity contribution >= 4 is 11.9 Å². The summed E-state index contributed by atoms with van der Waals surface area (Å²) >= 11 is 0. The van der Waals surface area contributed by atoms with Crippen LogP contribution in [0.25, 0.3) is 0 Å². The van der Waals surface area contributed by atoms with Crippen molar-refractivity contribution in [1.82, 2.24) is 20.3 Å². The molecule has 0 fully saturated rings. The number of carbonyl (C=O) groups is 2. The van der Waals surface area contributed by atoms with E-state index >= 15 is 0 Å². The van der Waals surface area contributed by atoms with Crippen LogP contribution in [0.4, 0.5) is 0 Å². The van der Waals surface area contributed by atoms with Gasteiger partial charge in [-0.3, -0.25) is 4.79 Å². The van der Waals surface area contributed by atoms with Gasteiger partial charge in [-0.05, 0) is 37.3 Å². The largest absolute Gasteiger partial charge is 0.478 e. The predicted octanol–water partition coefficient (Wildman–Crippen LogP) is 3.10. The number of nitrogens with zero attached hydrogens (tertiary/aromatic N) is 3. The first-order valence-corrected chi connectivity index (χ1v) is 11.2. The second-order valence-electron chi connectivity index (χ2n) is 8.21. The van der Waals surface area contributed by atoms with Gasteiger partial charge < -0.3 is 15.2 Å². The summed E-state index contributed by atoms with van der Waals surface area (Å²) in [4.78, 5) is 23.8.